The summed E-state index contributed by atoms with van der Waals surface area (Å²) in [5.41, 5.74) is 3.10. The summed E-state index contributed by atoms with van der Waals surface area (Å²) in [4.78, 5) is 97.4. The Hall–Kier alpha value is -6.74. The highest BCUT2D eigenvalue weighted by Gasteiger charge is 2.54. The zero-order valence-electron chi connectivity index (χ0n) is 37.4. The zero-order chi connectivity index (χ0) is 46.9. The Kier molecular flexibility index (Phi) is 12.8. The van der Waals surface area contributed by atoms with E-state index in [4.69, 9.17) is 14.7 Å². The molecule has 21 heteroatoms. The molecule has 2 unspecified atom stereocenters. The number of amides is 6. The number of unbranched alkanes of at least 4 members (excludes halogenated alkanes) is 4. The van der Waals surface area contributed by atoms with Crippen LogP contribution < -0.4 is 15.5 Å². The van der Waals surface area contributed by atoms with Gasteiger partial charge in [-0.2, -0.15) is 4.36 Å². The molecule has 3 aliphatic heterocycles. The number of carbonyl (C=O) groups is 6. The summed E-state index contributed by atoms with van der Waals surface area (Å²) in [6.45, 7) is 4.46. The molecule has 7 heterocycles. The van der Waals surface area contributed by atoms with Crippen molar-refractivity contribution in [1.82, 2.24) is 45.1 Å². The van der Waals surface area contributed by atoms with Gasteiger partial charge < -0.3 is 19.9 Å². The third kappa shape index (κ3) is 9.34. The van der Waals surface area contributed by atoms with Crippen LogP contribution >= 0.6 is 0 Å². The summed E-state index contributed by atoms with van der Waals surface area (Å²) < 4.78 is 25.4. The molecule has 3 fully saturated rings. The second-order valence-corrected chi connectivity index (χ2v) is 20.2. The van der Waals surface area contributed by atoms with Crippen LogP contribution in [-0.4, -0.2) is 118 Å². The lowest BCUT2D eigenvalue weighted by atomic mass is 10.0. The Balaban J connectivity index is 0.740. The van der Waals surface area contributed by atoms with Gasteiger partial charge in [-0.15, -0.1) is 5.10 Å². The van der Waals surface area contributed by atoms with Crippen molar-refractivity contribution in [3.8, 4) is 11.4 Å². The molecule has 1 aliphatic carbocycles. The first kappa shape index (κ1) is 45.4. The SMILES string of the molecule is C[C@@H]1COCCN1c1cc(C2(S(C)(=O)=NC(=O)CCc3cn(CCCCCCCC(=O)Nc4cccc5c4C(=O)N(C4CCC(=O)NC4=O)C5=O)nn3)CC2)nc(-c2ccnc3[nH]ccc23)n1. The van der Waals surface area contributed by atoms with Gasteiger partial charge in [0, 0.05) is 80.6 Å². The van der Waals surface area contributed by atoms with E-state index >= 15 is 0 Å². The second kappa shape index (κ2) is 18.9. The average molecular weight is 933 g/mol. The first-order valence-corrected chi connectivity index (χ1v) is 24.7. The minimum atomic E-state index is -3.08. The number of H-pyrrole nitrogens is 1. The lowest BCUT2D eigenvalue weighted by Crippen LogP contribution is -2.54. The predicted molar refractivity (Wildman–Crippen MR) is 245 cm³/mol. The number of nitrogens with one attached hydrogen (secondary N) is 3. The van der Waals surface area contributed by atoms with Crippen molar-refractivity contribution in [2.24, 2.45) is 4.36 Å². The molecular formula is C46H52N12O8S. The van der Waals surface area contributed by atoms with Crippen molar-refractivity contribution in [1.29, 1.82) is 0 Å². The zero-order valence-corrected chi connectivity index (χ0v) is 38.2. The van der Waals surface area contributed by atoms with E-state index in [0.717, 1.165) is 41.5 Å². The topological polar surface area (TPSA) is 257 Å². The van der Waals surface area contributed by atoms with Gasteiger partial charge in [0.1, 0.15) is 17.5 Å². The third-order valence-electron chi connectivity index (χ3n) is 13.0. The number of aromatic amines is 1. The summed E-state index contributed by atoms with van der Waals surface area (Å²) >= 11 is 0. The Morgan fingerprint density at radius 2 is 1.82 bits per heavy atom. The number of hydrogen-bond donors (Lipinski definition) is 3. The molecule has 3 N–H and O–H groups in total. The number of pyridine rings is 1. The number of nitrogens with zero attached hydrogens (tertiary/aromatic N) is 9. The molecule has 2 saturated heterocycles. The molecule has 4 aliphatic rings. The summed E-state index contributed by atoms with van der Waals surface area (Å²) in [5, 5.41) is 14.3. The fourth-order valence-corrected chi connectivity index (χ4v) is 11.2. The number of rotatable bonds is 17. The minimum absolute atomic E-state index is 0.0155. The van der Waals surface area contributed by atoms with E-state index in [-0.39, 0.29) is 54.4 Å². The second-order valence-electron chi connectivity index (χ2n) is 17.6. The van der Waals surface area contributed by atoms with Crippen molar-refractivity contribution in [3.63, 3.8) is 0 Å². The van der Waals surface area contributed by atoms with Gasteiger partial charge >= 0.3 is 0 Å². The van der Waals surface area contributed by atoms with Crippen molar-refractivity contribution in [3.05, 3.63) is 77.5 Å². The Labute approximate surface area is 386 Å². The number of aromatic nitrogens is 7. The fourth-order valence-electron chi connectivity index (χ4n) is 9.15. The molecule has 0 radical (unpaired) electrons. The molecule has 6 amide bonds. The number of benzene rings is 1. The van der Waals surface area contributed by atoms with Gasteiger partial charge in [0.15, 0.2) is 5.82 Å². The maximum absolute atomic E-state index is 14.5. The number of anilines is 2. The van der Waals surface area contributed by atoms with Gasteiger partial charge in [0.05, 0.1) is 61.9 Å². The Morgan fingerprint density at radius 1 is 1.00 bits per heavy atom. The van der Waals surface area contributed by atoms with E-state index in [1.54, 1.807) is 29.3 Å². The fraction of sp³-hybridized carbons (Fsp3) is 0.457. The third-order valence-corrected chi connectivity index (χ3v) is 15.6. The van der Waals surface area contributed by atoms with Crippen LogP contribution in [0.25, 0.3) is 22.4 Å². The van der Waals surface area contributed by atoms with Gasteiger partial charge in [0.25, 0.3) is 17.7 Å². The van der Waals surface area contributed by atoms with Crippen molar-refractivity contribution < 1.29 is 37.7 Å². The molecule has 67 heavy (non-hydrogen) atoms. The highest BCUT2D eigenvalue weighted by atomic mass is 32.2. The standard InChI is InChI=1S/C46H52N12O8S/c1-28-27-66-24-23-57(28)36-25-35(50-42(51-36)31-17-21-48-41-30(31)16-20-47-41)46(18-19-46)67(2,65)54-39(61)14-12-29-26-56(55-53-29)22-7-5-3-4-6-11-37(59)49-33-10-8-9-32-40(33)45(64)58(44(32)63)34-13-15-38(60)52-43(34)62/h8-10,16-17,20-21,25-26,28,34H,3-7,11-15,18-19,22-24,27H2,1-2H3,(H,47,48)(H,49,59)(H,52,60,62)/t28-,34?,67?/m1/s1. The predicted octanol–water partition coefficient (Wildman–Crippen LogP) is 4.46. The first-order chi connectivity index (χ1) is 32.3. The summed E-state index contributed by atoms with van der Waals surface area (Å²) in [6.07, 6.45) is 12.7. The van der Waals surface area contributed by atoms with Crippen LogP contribution in [0.4, 0.5) is 11.5 Å². The van der Waals surface area contributed by atoms with E-state index in [9.17, 15) is 33.0 Å². The average Bonchev–Trinajstić information content (AvgIpc) is 3.66. The maximum Gasteiger partial charge on any atom is 0.264 e. The molecule has 3 atom stereocenters. The number of aryl methyl sites for hydroxylation is 2. The molecule has 4 aromatic heterocycles. The van der Waals surface area contributed by atoms with Gasteiger partial charge in [0.2, 0.25) is 17.7 Å². The van der Waals surface area contributed by atoms with Crippen LogP contribution in [0, 0.1) is 0 Å². The highest BCUT2D eigenvalue weighted by molar-refractivity contribution is 7.94. The van der Waals surface area contributed by atoms with E-state index in [1.807, 2.05) is 30.6 Å². The number of imide groups is 2. The maximum atomic E-state index is 14.5. The van der Waals surface area contributed by atoms with E-state index in [1.165, 1.54) is 6.07 Å². The van der Waals surface area contributed by atoms with Crippen molar-refractivity contribution in [2.75, 3.05) is 36.2 Å². The van der Waals surface area contributed by atoms with Gasteiger partial charge in [-0.1, -0.05) is 30.5 Å². The molecule has 9 rings (SSSR count). The number of fused-ring (bicyclic) bond motifs is 2. The van der Waals surface area contributed by atoms with E-state index in [0.29, 0.717) is 80.7 Å². The monoisotopic (exact) mass is 932 g/mol. The largest absolute Gasteiger partial charge is 0.377 e. The summed E-state index contributed by atoms with van der Waals surface area (Å²) in [6, 6.07) is 9.30. The molecule has 1 saturated carbocycles. The molecule has 350 valence electrons. The minimum Gasteiger partial charge on any atom is -0.377 e. The lowest BCUT2D eigenvalue weighted by Gasteiger charge is -2.35. The lowest BCUT2D eigenvalue weighted by molar-refractivity contribution is -0.136. The number of piperidine rings is 1. The highest BCUT2D eigenvalue weighted by Crippen LogP contribution is 2.53. The molecular weight excluding hydrogens is 881 g/mol. The smallest absolute Gasteiger partial charge is 0.264 e. The number of ether oxygens (including phenoxy) is 1. The molecule has 0 bridgehead atoms. The van der Waals surface area contributed by atoms with Crippen molar-refractivity contribution >= 4 is 67.7 Å². The van der Waals surface area contributed by atoms with Crippen LogP contribution in [0.5, 0.6) is 0 Å². The van der Waals surface area contributed by atoms with Gasteiger partial charge in [-0.3, -0.25) is 43.7 Å². The number of carbonyl (C=O) groups excluding carboxylic acids is 6. The molecule has 0 spiro atoms. The van der Waals surface area contributed by atoms with Crippen LogP contribution in [0.1, 0.15) is 110 Å². The summed E-state index contributed by atoms with van der Waals surface area (Å²) in [5.74, 6) is -2.02. The van der Waals surface area contributed by atoms with Crippen molar-refractivity contribution in [2.45, 2.75) is 107 Å². The van der Waals surface area contributed by atoms with E-state index < -0.39 is 50.1 Å². The normalized spacial score (nSPS) is 19.9. The Morgan fingerprint density at radius 3 is 2.63 bits per heavy atom. The Bertz CT molecular complexity index is 2920. The first-order valence-electron chi connectivity index (χ1n) is 22.8. The summed E-state index contributed by atoms with van der Waals surface area (Å²) in [7, 11) is -3.08. The van der Waals surface area contributed by atoms with Gasteiger partial charge in [-0.05, 0) is 63.3 Å². The molecule has 5 aromatic rings. The number of morpholine rings is 1. The molecule has 1 aromatic carbocycles. The van der Waals surface area contributed by atoms with Crippen LogP contribution in [-0.2, 0) is 51.4 Å². The van der Waals surface area contributed by atoms with E-state index in [2.05, 4.69) is 47.1 Å². The van der Waals surface area contributed by atoms with Crippen LogP contribution in [0.3, 0.4) is 0 Å². The van der Waals surface area contributed by atoms with Gasteiger partial charge in [-0.25, -0.2) is 19.2 Å². The molecule has 20 nitrogen and oxygen atoms in total. The number of hydrogen-bond acceptors (Lipinski definition) is 14. The quantitative estimate of drug-likeness (QED) is 0.0860. The van der Waals surface area contributed by atoms with Crippen LogP contribution in [0.2, 0.25) is 0 Å². The van der Waals surface area contributed by atoms with Crippen LogP contribution in [0.15, 0.2) is 59.4 Å².